The van der Waals surface area contributed by atoms with E-state index < -0.39 is 0 Å². The van der Waals surface area contributed by atoms with Crippen molar-refractivity contribution in [1.82, 2.24) is 20.4 Å². The first kappa shape index (κ1) is 16.2. The van der Waals surface area contributed by atoms with E-state index in [-0.39, 0.29) is 0 Å². The number of guanidine groups is 1. The second-order valence-electron chi connectivity index (χ2n) is 5.14. The van der Waals surface area contributed by atoms with Gasteiger partial charge in [-0.25, -0.2) is 0 Å². The van der Waals surface area contributed by atoms with Gasteiger partial charge in [0.05, 0.1) is 0 Å². The Kier molecular flexibility index (Phi) is 8.58. The number of aliphatic imine (C=N–C) groups is 1. The molecule has 0 radical (unpaired) electrons. The summed E-state index contributed by atoms with van der Waals surface area (Å²) in [4.78, 5) is 9.58. The molecule has 0 spiro atoms. The van der Waals surface area contributed by atoms with Gasteiger partial charge in [-0.15, -0.1) is 0 Å². The molecule has 5 nitrogen and oxygen atoms in total. The summed E-state index contributed by atoms with van der Waals surface area (Å²) < 4.78 is 0. The normalized spacial score (nSPS) is 17.8. The predicted molar refractivity (Wildman–Crippen MR) is 82.8 cm³/mol. The van der Waals surface area contributed by atoms with Crippen molar-refractivity contribution in [2.75, 3.05) is 59.4 Å². The molecule has 2 N–H and O–H groups in total. The Morgan fingerprint density at radius 1 is 1.05 bits per heavy atom. The smallest absolute Gasteiger partial charge is 0.191 e. The number of likely N-dealkylation sites (N-methyl/N-ethyl adjacent to an activating group) is 1. The van der Waals surface area contributed by atoms with Crippen molar-refractivity contribution in [3.05, 3.63) is 0 Å². The molecule has 1 aliphatic heterocycles. The highest BCUT2D eigenvalue weighted by Crippen LogP contribution is 2.01. The molecule has 112 valence electrons. The third-order valence-corrected chi connectivity index (χ3v) is 3.40. The highest BCUT2D eigenvalue weighted by atomic mass is 15.2. The lowest BCUT2D eigenvalue weighted by Crippen LogP contribution is -2.37. The van der Waals surface area contributed by atoms with Crippen LogP contribution in [0.2, 0.25) is 0 Å². The molecular formula is C14H31N5. The maximum atomic E-state index is 4.58. The molecule has 0 aliphatic carbocycles. The molecule has 1 heterocycles. The fourth-order valence-corrected chi connectivity index (χ4v) is 2.32. The van der Waals surface area contributed by atoms with Crippen LogP contribution in [-0.2, 0) is 0 Å². The summed E-state index contributed by atoms with van der Waals surface area (Å²) in [5.74, 6) is 0.945. The van der Waals surface area contributed by atoms with Crippen LogP contribution in [0.25, 0.3) is 0 Å². The van der Waals surface area contributed by atoms with Gasteiger partial charge in [0, 0.05) is 32.7 Å². The van der Waals surface area contributed by atoms with Crippen molar-refractivity contribution in [3.63, 3.8) is 0 Å². The summed E-state index contributed by atoms with van der Waals surface area (Å²) in [6.07, 6.45) is 2.43. The third kappa shape index (κ3) is 7.38. The molecule has 0 aromatic rings. The molecule has 0 atom stereocenters. The Balaban J connectivity index is 2.19. The van der Waals surface area contributed by atoms with Crippen LogP contribution < -0.4 is 10.6 Å². The van der Waals surface area contributed by atoms with Gasteiger partial charge in [0.1, 0.15) is 0 Å². The molecule has 0 unspecified atom stereocenters. The molecule has 0 aromatic heterocycles. The van der Waals surface area contributed by atoms with Gasteiger partial charge in [0.25, 0.3) is 0 Å². The van der Waals surface area contributed by atoms with Gasteiger partial charge in [-0.05, 0) is 53.4 Å². The van der Waals surface area contributed by atoms with Crippen LogP contribution in [0.3, 0.4) is 0 Å². The van der Waals surface area contributed by atoms with E-state index in [9.17, 15) is 0 Å². The molecule has 1 rings (SSSR count). The Bertz CT molecular complexity index is 246. The average molecular weight is 269 g/mol. The lowest BCUT2D eigenvalue weighted by atomic mass is 10.3. The Hall–Kier alpha value is -0.810. The molecular weight excluding hydrogens is 238 g/mol. The zero-order valence-electron chi connectivity index (χ0n) is 12.9. The minimum atomic E-state index is 0.904. The largest absolute Gasteiger partial charge is 0.357 e. The van der Waals surface area contributed by atoms with E-state index in [1.54, 1.807) is 0 Å². The number of rotatable bonds is 6. The third-order valence-electron chi connectivity index (χ3n) is 3.40. The van der Waals surface area contributed by atoms with Crippen molar-refractivity contribution in [3.8, 4) is 0 Å². The average Bonchev–Trinajstić information content (AvgIpc) is 2.60. The van der Waals surface area contributed by atoms with Crippen LogP contribution in [0.4, 0.5) is 0 Å². The predicted octanol–water partition coefficient (Wildman–Crippen LogP) is 0.589. The standard InChI is InChI=1S/C14H31N5/c1-4-15-14(16-5-2)17-8-6-10-19-11-7-9-18(3)12-13-19/h4-13H2,1-3H3,(H2,15,16,17). The minimum absolute atomic E-state index is 0.904. The monoisotopic (exact) mass is 269 g/mol. The van der Waals surface area contributed by atoms with Crippen molar-refractivity contribution in [1.29, 1.82) is 0 Å². The van der Waals surface area contributed by atoms with E-state index in [0.717, 1.165) is 32.0 Å². The van der Waals surface area contributed by atoms with Crippen molar-refractivity contribution in [2.24, 2.45) is 4.99 Å². The van der Waals surface area contributed by atoms with Gasteiger partial charge in [-0.1, -0.05) is 0 Å². The second-order valence-corrected chi connectivity index (χ2v) is 5.14. The number of hydrogen-bond donors (Lipinski definition) is 2. The lowest BCUT2D eigenvalue weighted by molar-refractivity contribution is 0.275. The highest BCUT2D eigenvalue weighted by Gasteiger charge is 2.10. The summed E-state index contributed by atoms with van der Waals surface area (Å²) in [6, 6.07) is 0. The molecule has 1 saturated heterocycles. The van der Waals surface area contributed by atoms with Gasteiger partial charge in [-0.2, -0.15) is 0 Å². The number of hydrogen-bond acceptors (Lipinski definition) is 3. The van der Waals surface area contributed by atoms with Gasteiger partial charge in [-0.3, -0.25) is 4.99 Å². The van der Waals surface area contributed by atoms with Gasteiger partial charge >= 0.3 is 0 Å². The molecule has 19 heavy (non-hydrogen) atoms. The number of nitrogens with zero attached hydrogens (tertiary/aromatic N) is 3. The molecule has 0 aromatic carbocycles. The van der Waals surface area contributed by atoms with Crippen molar-refractivity contribution < 1.29 is 0 Å². The lowest BCUT2D eigenvalue weighted by Gasteiger charge is -2.19. The molecule has 5 heteroatoms. The fraction of sp³-hybridized carbons (Fsp3) is 0.929. The van der Waals surface area contributed by atoms with Crippen LogP contribution in [0.15, 0.2) is 4.99 Å². The van der Waals surface area contributed by atoms with Crippen LogP contribution in [0, 0.1) is 0 Å². The van der Waals surface area contributed by atoms with Crippen molar-refractivity contribution in [2.45, 2.75) is 26.7 Å². The highest BCUT2D eigenvalue weighted by molar-refractivity contribution is 5.79. The zero-order valence-corrected chi connectivity index (χ0v) is 12.9. The van der Waals surface area contributed by atoms with Gasteiger partial charge < -0.3 is 20.4 Å². The minimum Gasteiger partial charge on any atom is -0.357 e. The van der Waals surface area contributed by atoms with E-state index in [4.69, 9.17) is 0 Å². The second kappa shape index (κ2) is 10.0. The van der Waals surface area contributed by atoms with E-state index in [1.807, 2.05) is 0 Å². The Morgan fingerprint density at radius 3 is 2.47 bits per heavy atom. The SMILES string of the molecule is CCNC(=NCCCN1CCCN(C)CC1)NCC. The summed E-state index contributed by atoms with van der Waals surface area (Å²) in [5.41, 5.74) is 0. The van der Waals surface area contributed by atoms with Crippen LogP contribution >= 0.6 is 0 Å². The quantitative estimate of drug-likeness (QED) is 0.421. The zero-order chi connectivity index (χ0) is 13.9. The van der Waals surface area contributed by atoms with Crippen molar-refractivity contribution >= 4 is 5.96 Å². The first-order valence-corrected chi connectivity index (χ1v) is 7.69. The van der Waals surface area contributed by atoms with Crippen LogP contribution in [0.5, 0.6) is 0 Å². The molecule has 0 amide bonds. The van der Waals surface area contributed by atoms with Crippen LogP contribution in [-0.4, -0.2) is 75.2 Å². The fourth-order valence-electron chi connectivity index (χ4n) is 2.32. The Labute approximate surface area is 118 Å². The molecule has 1 fully saturated rings. The first-order chi connectivity index (χ1) is 9.26. The van der Waals surface area contributed by atoms with Gasteiger partial charge in [0.15, 0.2) is 5.96 Å². The maximum Gasteiger partial charge on any atom is 0.191 e. The summed E-state index contributed by atoms with van der Waals surface area (Å²) in [5, 5.41) is 6.51. The molecule has 0 bridgehead atoms. The summed E-state index contributed by atoms with van der Waals surface area (Å²) >= 11 is 0. The van der Waals surface area contributed by atoms with Gasteiger partial charge in [0.2, 0.25) is 0 Å². The topological polar surface area (TPSA) is 42.9 Å². The Morgan fingerprint density at radius 2 is 1.79 bits per heavy atom. The van der Waals surface area contributed by atoms with Crippen LogP contribution in [0.1, 0.15) is 26.7 Å². The van der Waals surface area contributed by atoms with E-state index in [0.29, 0.717) is 0 Å². The van der Waals surface area contributed by atoms with E-state index in [2.05, 4.69) is 46.3 Å². The molecule has 0 saturated carbocycles. The van der Waals surface area contributed by atoms with E-state index in [1.165, 1.54) is 39.1 Å². The summed E-state index contributed by atoms with van der Waals surface area (Å²) in [7, 11) is 2.22. The van der Waals surface area contributed by atoms with E-state index >= 15 is 0 Å². The maximum absolute atomic E-state index is 4.58. The summed E-state index contributed by atoms with van der Waals surface area (Å²) in [6.45, 7) is 13.0. The number of nitrogens with one attached hydrogen (secondary N) is 2. The molecule has 1 aliphatic rings. The first-order valence-electron chi connectivity index (χ1n) is 7.69.